The van der Waals surface area contributed by atoms with E-state index in [1.807, 2.05) is 0 Å². The molecule has 1 unspecified atom stereocenters. The molecule has 0 aliphatic carbocycles. The average molecular weight is 301 g/mol. The van der Waals surface area contributed by atoms with Crippen LogP contribution >= 0.6 is 11.6 Å². The first-order valence-electron chi connectivity index (χ1n) is 5.87. The minimum Gasteiger partial charge on any atom is -0.271 e. The standard InChI is InChI=1S/C14H12ClF3N2/c15-10-6-8(4-5-13(10)18)14(20-19)7-9-11(16)2-1-3-12(9)17/h1-6,14,20H,7,19H2. The molecule has 0 saturated carbocycles. The normalized spacial score (nSPS) is 12.4. The second-order valence-electron chi connectivity index (χ2n) is 4.30. The van der Waals surface area contributed by atoms with Gasteiger partial charge in [-0.1, -0.05) is 23.7 Å². The Balaban J connectivity index is 2.31. The molecule has 3 N–H and O–H groups in total. The zero-order valence-corrected chi connectivity index (χ0v) is 11.1. The van der Waals surface area contributed by atoms with Crippen molar-refractivity contribution < 1.29 is 13.2 Å². The summed E-state index contributed by atoms with van der Waals surface area (Å²) >= 11 is 5.69. The van der Waals surface area contributed by atoms with Crippen LogP contribution in [0.1, 0.15) is 17.2 Å². The SMILES string of the molecule is NNC(Cc1c(F)cccc1F)c1ccc(F)c(Cl)c1. The van der Waals surface area contributed by atoms with E-state index in [9.17, 15) is 13.2 Å². The molecular weight excluding hydrogens is 289 g/mol. The molecule has 0 saturated heterocycles. The molecule has 0 aliphatic heterocycles. The van der Waals surface area contributed by atoms with Gasteiger partial charge in [-0.15, -0.1) is 0 Å². The first-order chi connectivity index (χ1) is 9.52. The number of nitrogens with one attached hydrogen (secondary N) is 1. The Labute approximate surface area is 119 Å². The van der Waals surface area contributed by atoms with Crippen LogP contribution in [0.2, 0.25) is 5.02 Å². The van der Waals surface area contributed by atoms with E-state index in [0.29, 0.717) is 5.56 Å². The maximum atomic E-state index is 13.6. The monoisotopic (exact) mass is 300 g/mol. The third-order valence-corrected chi connectivity index (χ3v) is 3.31. The average Bonchev–Trinajstić information content (AvgIpc) is 2.42. The lowest BCUT2D eigenvalue weighted by atomic mass is 9.98. The topological polar surface area (TPSA) is 38.0 Å². The molecule has 106 valence electrons. The van der Waals surface area contributed by atoms with Crippen molar-refractivity contribution in [1.29, 1.82) is 0 Å². The van der Waals surface area contributed by atoms with Crippen molar-refractivity contribution in [3.8, 4) is 0 Å². The Hall–Kier alpha value is -1.56. The summed E-state index contributed by atoms with van der Waals surface area (Å²) in [5.41, 5.74) is 2.91. The molecule has 0 fully saturated rings. The highest BCUT2D eigenvalue weighted by molar-refractivity contribution is 6.30. The molecular formula is C14H12ClF3N2. The van der Waals surface area contributed by atoms with Crippen molar-refractivity contribution in [1.82, 2.24) is 5.43 Å². The molecule has 0 aliphatic rings. The number of halogens is 4. The number of benzene rings is 2. The molecule has 2 rings (SSSR count). The van der Waals surface area contributed by atoms with Crippen LogP contribution < -0.4 is 11.3 Å². The van der Waals surface area contributed by atoms with Crippen molar-refractivity contribution in [2.75, 3.05) is 0 Å². The summed E-state index contributed by atoms with van der Waals surface area (Å²) in [6, 6.07) is 7.06. The van der Waals surface area contributed by atoms with Gasteiger partial charge < -0.3 is 0 Å². The number of nitrogens with two attached hydrogens (primary N) is 1. The maximum absolute atomic E-state index is 13.6. The predicted octanol–water partition coefficient (Wildman–Crippen LogP) is 3.50. The first-order valence-corrected chi connectivity index (χ1v) is 6.24. The van der Waals surface area contributed by atoms with Crippen molar-refractivity contribution in [3.05, 3.63) is 70.0 Å². The van der Waals surface area contributed by atoms with Crippen LogP contribution in [0.15, 0.2) is 36.4 Å². The molecule has 0 bridgehead atoms. The number of hydrogen-bond donors (Lipinski definition) is 2. The van der Waals surface area contributed by atoms with Crippen molar-refractivity contribution in [2.24, 2.45) is 5.84 Å². The molecule has 6 heteroatoms. The third-order valence-electron chi connectivity index (χ3n) is 3.02. The zero-order valence-electron chi connectivity index (χ0n) is 10.3. The summed E-state index contributed by atoms with van der Waals surface area (Å²) in [6.45, 7) is 0. The fraction of sp³-hybridized carbons (Fsp3) is 0.143. The lowest BCUT2D eigenvalue weighted by Gasteiger charge is -2.17. The summed E-state index contributed by atoms with van der Waals surface area (Å²) in [7, 11) is 0. The second kappa shape index (κ2) is 6.26. The van der Waals surface area contributed by atoms with Crippen LogP contribution in [0.5, 0.6) is 0 Å². The zero-order chi connectivity index (χ0) is 14.7. The first kappa shape index (κ1) is 14.8. The van der Waals surface area contributed by atoms with Crippen LogP contribution in [0.3, 0.4) is 0 Å². The molecule has 2 aromatic rings. The molecule has 1 atom stereocenters. The van der Waals surface area contributed by atoms with E-state index in [2.05, 4.69) is 5.43 Å². The lowest BCUT2D eigenvalue weighted by Crippen LogP contribution is -2.30. The highest BCUT2D eigenvalue weighted by atomic mass is 35.5. The third kappa shape index (κ3) is 3.12. The number of rotatable bonds is 4. The summed E-state index contributed by atoms with van der Waals surface area (Å²) in [4.78, 5) is 0. The Morgan fingerprint density at radius 3 is 2.25 bits per heavy atom. The number of hydrogen-bond acceptors (Lipinski definition) is 2. The Morgan fingerprint density at radius 2 is 1.70 bits per heavy atom. The van der Waals surface area contributed by atoms with Gasteiger partial charge >= 0.3 is 0 Å². The van der Waals surface area contributed by atoms with Crippen LogP contribution in [0, 0.1) is 17.5 Å². The summed E-state index contributed by atoms with van der Waals surface area (Å²) < 4.78 is 40.3. The molecule has 0 radical (unpaired) electrons. The van der Waals surface area contributed by atoms with E-state index in [-0.39, 0.29) is 17.0 Å². The van der Waals surface area contributed by atoms with Crippen molar-refractivity contribution >= 4 is 11.6 Å². The Bertz CT molecular complexity index is 599. The molecule has 0 aromatic heterocycles. The van der Waals surface area contributed by atoms with Gasteiger partial charge in [0.05, 0.1) is 11.1 Å². The van der Waals surface area contributed by atoms with Crippen LogP contribution in [0.4, 0.5) is 13.2 Å². The van der Waals surface area contributed by atoms with Crippen LogP contribution in [0.25, 0.3) is 0 Å². The van der Waals surface area contributed by atoms with Gasteiger partial charge in [0, 0.05) is 5.56 Å². The van der Waals surface area contributed by atoms with Gasteiger partial charge in [0.2, 0.25) is 0 Å². The van der Waals surface area contributed by atoms with E-state index < -0.39 is 23.5 Å². The largest absolute Gasteiger partial charge is 0.271 e. The molecule has 0 spiro atoms. The Morgan fingerprint density at radius 1 is 1.05 bits per heavy atom. The van der Waals surface area contributed by atoms with E-state index in [1.54, 1.807) is 0 Å². The lowest BCUT2D eigenvalue weighted by molar-refractivity contribution is 0.499. The quantitative estimate of drug-likeness (QED) is 0.670. The summed E-state index contributed by atoms with van der Waals surface area (Å²) in [5.74, 6) is 3.53. The second-order valence-corrected chi connectivity index (χ2v) is 4.70. The van der Waals surface area contributed by atoms with E-state index in [4.69, 9.17) is 17.4 Å². The van der Waals surface area contributed by atoms with Crippen LogP contribution in [-0.2, 0) is 6.42 Å². The van der Waals surface area contributed by atoms with Gasteiger partial charge in [-0.2, -0.15) is 0 Å². The van der Waals surface area contributed by atoms with Gasteiger partial charge in [-0.25, -0.2) is 13.2 Å². The molecule has 20 heavy (non-hydrogen) atoms. The number of hydrazine groups is 1. The van der Waals surface area contributed by atoms with E-state index >= 15 is 0 Å². The van der Waals surface area contributed by atoms with Crippen molar-refractivity contribution in [2.45, 2.75) is 12.5 Å². The smallest absolute Gasteiger partial charge is 0.141 e. The maximum Gasteiger partial charge on any atom is 0.141 e. The minimum atomic E-state index is -0.654. The minimum absolute atomic E-state index is 0.0169. The highest BCUT2D eigenvalue weighted by Crippen LogP contribution is 2.25. The Kier molecular flexibility index (Phi) is 4.65. The van der Waals surface area contributed by atoms with Gasteiger partial charge in [0.25, 0.3) is 0 Å². The summed E-state index contributed by atoms with van der Waals surface area (Å²) in [5, 5.41) is -0.0724. The van der Waals surface area contributed by atoms with Gasteiger partial charge in [0.1, 0.15) is 17.5 Å². The molecule has 2 aromatic carbocycles. The van der Waals surface area contributed by atoms with Gasteiger partial charge in [-0.3, -0.25) is 11.3 Å². The van der Waals surface area contributed by atoms with E-state index in [0.717, 1.165) is 0 Å². The van der Waals surface area contributed by atoms with Crippen LogP contribution in [-0.4, -0.2) is 0 Å². The van der Waals surface area contributed by atoms with E-state index in [1.165, 1.54) is 36.4 Å². The molecule has 0 heterocycles. The fourth-order valence-electron chi connectivity index (χ4n) is 1.93. The van der Waals surface area contributed by atoms with Crippen molar-refractivity contribution in [3.63, 3.8) is 0 Å². The van der Waals surface area contributed by atoms with Gasteiger partial charge in [-0.05, 0) is 36.2 Å². The summed E-state index contributed by atoms with van der Waals surface area (Å²) in [6.07, 6.45) is -0.0169. The van der Waals surface area contributed by atoms with Gasteiger partial charge in [0.15, 0.2) is 0 Å². The predicted molar refractivity (Wildman–Crippen MR) is 71.5 cm³/mol. The molecule has 2 nitrogen and oxygen atoms in total. The molecule has 0 amide bonds. The highest BCUT2D eigenvalue weighted by Gasteiger charge is 2.17. The fourth-order valence-corrected chi connectivity index (χ4v) is 2.12.